The van der Waals surface area contributed by atoms with Crippen LogP contribution in [0.5, 0.6) is 0 Å². The average Bonchev–Trinajstić information content (AvgIpc) is 3.54. The van der Waals surface area contributed by atoms with Gasteiger partial charge < -0.3 is 20.4 Å². The van der Waals surface area contributed by atoms with Crippen LogP contribution >= 0.6 is 0 Å². The molecule has 0 radical (unpaired) electrons. The van der Waals surface area contributed by atoms with Crippen molar-refractivity contribution in [2.45, 2.75) is 45.1 Å². The standard InChI is InChI=1S/C24H32N6O.2C2HF3O2/c1-17-11-18(2)13-19(12-17)14-29-9-6-20(15-29)21-5-7-25-23-22(27-16-30(21)23)24(31)26-8-10-28(3)4;2*3-2(4,5)1(6)7/h5,7,11-13,16,20H,6,8-10,14-15H2,1-4H3,(H,26,31);2*(H,6,7). The molecule has 3 aromatic rings. The van der Waals surface area contributed by atoms with E-state index in [-0.39, 0.29) is 5.91 Å². The highest BCUT2D eigenvalue weighted by Crippen LogP contribution is 2.29. The number of aromatic nitrogens is 3. The number of amides is 1. The number of halogens is 6. The van der Waals surface area contributed by atoms with E-state index in [1.54, 1.807) is 12.5 Å². The van der Waals surface area contributed by atoms with Gasteiger partial charge in [-0.25, -0.2) is 19.6 Å². The van der Waals surface area contributed by atoms with E-state index >= 15 is 0 Å². The zero-order chi connectivity index (χ0) is 34.1. The van der Waals surface area contributed by atoms with Crippen molar-refractivity contribution < 1.29 is 50.9 Å². The van der Waals surface area contributed by atoms with Crippen LogP contribution in [0.25, 0.3) is 5.65 Å². The zero-order valence-corrected chi connectivity index (χ0v) is 24.9. The molecular weight excluding hydrogens is 614 g/mol. The number of hydrogen-bond donors (Lipinski definition) is 3. The Labute approximate surface area is 254 Å². The molecular formula is C28H34F6N6O5. The molecule has 0 spiro atoms. The normalized spacial score (nSPS) is 15.2. The van der Waals surface area contributed by atoms with Gasteiger partial charge in [-0.3, -0.25) is 14.1 Å². The lowest BCUT2D eigenvalue weighted by molar-refractivity contribution is -0.193. The first-order valence-electron chi connectivity index (χ1n) is 13.4. The number of likely N-dealkylation sites (tertiary alicyclic amines) is 1. The number of likely N-dealkylation sites (N-methyl/N-ethyl adjacent to an activating group) is 1. The SMILES string of the molecule is Cc1cc(C)cc(CN2CCC(c3ccnc4c(C(=O)NCCN(C)C)ncn34)C2)c1.O=C(O)C(F)(F)F.O=C(O)C(F)(F)F. The van der Waals surface area contributed by atoms with Gasteiger partial charge in [0.15, 0.2) is 11.3 Å². The molecule has 2 aromatic heterocycles. The highest BCUT2D eigenvalue weighted by atomic mass is 19.4. The summed E-state index contributed by atoms with van der Waals surface area (Å²) in [5.74, 6) is -5.29. The number of carbonyl (C=O) groups is 3. The summed E-state index contributed by atoms with van der Waals surface area (Å²) in [6.45, 7) is 8.71. The third kappa shape index (κ3) is 11.6. The van der Waals surface area contributed by atoms with Crippen molar-refractivity contribution in [3.05, 3.63) is 64.9 Å². The smallest absolute Gasteiger partial charge is 0.475 e. The second kappa shape index (κ2) is 15.7. The fourth-order valence-corrected chi connectivity index (χ4v) is 4.52. The van der Waals surface area contributed by atoms with E-state index in [0.717, 1.165) is 32.6 Å². The zero-order valence-electron chi connectivity index (χ0n) is 24.9. The minimum atomic E-state index is -5.08. The average molecular weight is 649 g/mol. The Kier molecular flexibility index (Phi) is 12.8. The van der Waals surface area contributed by atoms with Crippen molar-refractivity contribution in [3.8, 4) is 0 Å². The maximum Gasteiger partial charge on any atom is 0.490 e. The number of carboxylic acid groups (broad SMARTS) is 2. The molecule has 3 N–H and O–H groups in total. The molecule has 0 bridgehead atoms. The molecule has 1 atom stereocenters. The lowest BCUT2D eigenvalue weighted by atomic mass is 10.0. The second-order valence-corrected chi connectivity index (χ2v) is 10.5. The maximum atomic E-state index is 12.6. The molecule has 17 heteroatoms. The fourth-order valence-electron chi connectivity index (χ4n) is 4.52. The number of aryl methyl sites for hydroxylation is 2. The van der Waals surface area contributed by atoms with Crippen molar-refractivity contribution in [1.82, 2.24) is 29.5 Å². The van der Waals surface area contributed by atoms with E-state index in [9.17, 15) is 31.1 Å². The van der Waals surface area contributed by atoms with E-state index in [4.69, 9.17) is 19.8 Å². The number of aliphatic carboxylic acids is 2. The Morgan fingerprint density at radius 3 is 2.04 bits per heavy atom. The Morgan fingerprint density at radius 2 is 1.53 bits per heavy atom. The number of carboxylic acids is 2. The first kappa shape index (κ1) is 36.9. The van der Waals surface area contributed by atoms with Crippen LogP contribution < -0.4 is 5.32 Å². The lowest BCUT2D eigenvalue weighted by Crippen LogP contribution is -2.31. The van der Waals surface area contributed by atoms with Gasteiger partial charge in [0.2, 0.25) is 0 Å². The number of nitrogens with zero attached hydrogens (tertiary/aromatic N) is 5. The quantitative estimate of drug-likeness (QED) is 0.326. The van der Waals surface area contributed by atoms with Crippen LogP contribution in [-0.4, -0.2) is 105 Å². The molecule has 1 saturated heterocycles. The summed E-state index contributed by atoms with van der Waals surface area (Å²) in [7, 11) is 3.97. The molecule has 1 aromatic carbocycles. The first-order valence-corrected chi connectivity index (χ1v) is 13.4. The number of benzene rings is 1. The highest BCUT2D eigenvalue weighted by molar-refractivity contribution is 5.97. The van der Waals surface area contributed by atoms with E-state index in [1.165, 1.54) is 22.4 Å². The van der Waals surface area contributed by atoms with Crippen LogP contribution in [0.1, 0.15) is 45.2 Å². The van der Waals surface area contributed by atoms with Gasteiger partial charge in [-0.2, -0.15) is 26.3 Å². The molecule has 1 aliphatic heterocycles. The molecule has 1 amide bonds. The summed E-state index contributed by atoms with van der Waals surface area (Å²) >= 11 is 0. The van der Waals surface area contributed by atoms with Gasteiger partial charge >= 0.3 is 24.3 Å². The van der Waals surface area contributed by atoms with Crippen molar-refractivity contribution in [3.63, 3.8) is 0 Å². The predicted molar refractivity (Wildman–Crippen MR) is 150 cm³/mol. The van der Waals surface area contributed by atoms with Crippen molar-refractivity contribution in [1.29, 1.82) is 0 Å². The molecule has 0 aliphatic carbocycles. The number of carbonyl (C=O) groups excluding carboxylic acids is 1. The molecule has 248 valence electrons. The number of fused-ring (bicyclic) bond motifs is 1. The fraction of sp³-hybridized carbons (Fsp3) is 0.464. The van der Waals surface area contributed by atoms with Gasteiger partial charge in [-0.1, -0.05) is 29.3 Å². The molecule has 1 aliphatic rings. The van der Waals surface area contributed by atoms with Crippen LogP contribution in [0.4, 0.5) is 26.3 Å². The molecule has 3 heterocycles. The third-order valence-electron chi connectivity index (χ3n) is 6.39. The molecule has 1 fully saturated rings. The predicted octanol–water partition coefficient (Wildman–Crippen LogP) is 3.89. The van der Waals surface area contributed by atoms with Crippen LogP contribution in [-0.2, 0) is 16.1 Å². The number of rotatable bonds is 7. The second-order valence-electron chi connectivity index (χ2n) is 10.5. The Morgan fingerprint density at radius 1 is 0.978 bits per heavy atom. The van der Waals surface area contributed by atoms with Crippen molar-refractivity contribution >= 4 is 23.5 Å². The Balaban J connectivity index is 0.000000421. The largest absolute Gasteiger partial charge is 0.490 e. The first-order chi connectivity index (χ1) is 20.8. The Bertz CT molecular complexity index is 1430. The van der Waals surface area contributed by atoms with Crippen LogP contribution in [0.3, 0.4) is 0 Å². The summed E-state index contributed by atoms with van der Waals surface area (Å²) in [5.41, 5.74) is 6.20. The topological polar surface area (TPSA) is 140 Å². The van der Waals surface area contributed by atoms with E-state index in [1.807, 2.05) is 23.4 Å². The van der Waals surface area contributed by atoms with E-state index in [2.05, 4.69) is 58.3 Å². The summed E-state index contributed by atoms with van der Waals surface area (Å²) in [5, 5.41) is 17.2. The van der Waals surface area contributed by atoms with Gasteiger partial charge in [0, 0.05) is 44.0 Å². The van der Waals surface area contributed by atoms with Gasteiger partial charge in [-0.05, 0) is 52.5 Å². The monoisotopic (exact) mass is 648 g/mol. The molecule has 11 nitrogen and oxygen atoms in total. The summed E-state index contributed by atoms with van der Waals surface area (Å²) in [6.07, 6.45) is -5.53. The van der Waals surface area contributed by atoms with Gasteiger partial charge in [0.25, 0.3) is 5.91 Å². The van der Waals surface area contributed by atoms with Crippen LogP contribution in [0, 0.1) is 13.8 Å². The van der Waals surface area contributed by atoms with Crippen molar-refractivity contribution in [2.24, 2.45) is 0 Å². The Hall–Kier alpha value is -4.25. The van der Waals surface area contributed by atoms with E-state index < -0.39 is 24.3 Å². The van der Waals surface area contributed by atoms with Crippen LogP contribution in [0.15, 0.2) is 36.8 Å². The maximum absolute atomic E-state index is 12.6. The number of alkyl halides is 6. The van der Waals surface area contributed by atoms with Gasteiger partial charge in [0.1, 0.15) is 6.33 Å². The van der Waals surface area contributed by atoms with Gasteiger partial charge in [-0.15, -0.1) is 0 Å². The van der Waals surface area contributed by atoms with Crippen LogP contribution in [0.2, 0.25) is 0 Å². The summed E-state index contributed by atoms with van der Waals surface area (Å²) in [6, 6.07) is 8.84. The minimum Gasteiger partial charge on any atom is -0.475 e. The van der Waals surface area contributed by atoms with E-state index in [0.29, 0.717) is 23.8 Å². The van der Waals surface area contributed by atoms with Crippen molar-refractivity contribution in [2.75, 3.05) is 40.3 Å². The summed E-state index contributed by atoms with van der Waals surface area (Å²) in [4.78, 5) is 43.8. The number of nitrogens with one attached hydrogen (secondary N) is 1. The summed E-state index contributed by atoms with van der Waals surface area (Å²) < 4.78 is 65.5. The highest BCUT2D eigenvalue weighted by Gasteiger charge is 2.39. The minimum absolute atomic E-state index is 0.170. The third-order valence-corrected chi connectivity index (χ3v) is 6.39. The lowest BCUT2D eigenvalue weighted by Gasteiger charge is -2.17. The molecule has 0 saturated carbocycles. The molecule has 4 rings (SSSR count). The number of hydrogen-bond acceptors (Lipinski definition) is 7. The molecule has 1 unspecified atom stereocenters. The van der Waals surface area contributed by atoms with Gasteiger partial charge in [0.05, 0.1) is 0 Å². The molecule has 45 heavy (non-hydrogen) atoms. The number of imidazole rings is 1.